The Balaban J connectivity index is 2.57. The van der Waals surface area contributed by atoms with Crippen molar-refractivity contribution in [3.8, 4) is 0 Å². The molecule has 1 rings (SSSR count). The number of hydrogen-bond acceptors (Lipinski definition) is 5. The summed E-state index contributed by atoms with van der Waals surface area (Å²) in [5.74, 6) is -0.624. The first kappa shape index (κ1) is 15.1. The first-order valence-electron chi connectivity index (χ1n) is 5.78. The summed E-state index contributed by atoms with van der Waals surface area (Å²) in [5, 5.41) is 2.66. The topological polar surface area (TPSA) is 90.6 Å². The summed E-state index contributed by atoms with van der Waals surface area (Å²) in [6, 6.07) is 6.19. The number of nitrogens with two attached hydrogens (primary N) is 1. The molecule has 1 unspecified atom stereocenters. The van der Waals surface area contributed by atoms with E-state index in [0.717, 1.165) is 5.56 Å². The van der Waals surface area contributed by atoms with Gasteiger partial charge < -0.3 is 20.5 Å². The van der Waals surface area contributed by atoms with Gasteiger partial charge in [-0.2, -0.15) is 0 Å². The number of rotatable bonds is 6. The second-order valence-corrected chi connectivity index (χ2v) is 4.00. The molecule has 19 heavy (non-hydrogen) atoms. The Morgan fingerprint density at radius 2 is 1.89 bits per heavy atom. The Kier molecular flexibility index (Phi) is 5.98. The monoisotopic (exact) mass is 266 g/mol. The van der Waals surface area contributed by atoms with Crippen molar-refractivity contribution in [1.29, 1.82) is 0 Å². The number of anilines is 1. The molecule has 1 amide bonds. The molecule has 104 valence electrons. The molecule has 1 atom stereocenters. The summed E-state index contributed by atoms with van der Waals surface area (Å²) in [6.07, 6.45) is 0.202. The number of esters is 1. The molecule has 0 radical (unpaired) electrons. The standard InChI is InChI=1S/C13H18N2O4/c1-18-8-11(14)13(17)15-10-5-3-9(4-6-10)7-12(16)19-2/h3-6,11H,7-8,14H2,1-2H3,(H,15,17). The average molecular weight is 266 g/mol. The molecule has 0 spiro atoms. The van der Waals surface area contributed by atoms with Crippen LogP contribution >= 0.6 is 0 Å². The highest BCUT2D eigenvalue weighted by Gasteiger charge is 2.13. The summed E-state index contributed by atoms with van der Waals surface area (Å²) < 4.78 is 9.37. The van der Waals surface area contributed by atoms with Crippen molar-refractivity contribution in [3.05, 3.63) is 29.8 Å². The lowest BCUT2D eigenvalue weighted by Gasteiger charge is -2.11. The predicted octanol–water partition coefficient (Wildman–Crippen LogP) is 0.314. The van der Waals surface area contributed by atoms with Crippen molar-refractivity contribution in [2.75, 3.05) is 26.1 Å². The molecule has 0 aliphatic rings. The Hall–Kier alpha value is -1.92. The molecule has 0 aliphatic heterocycles. The zero-order chi connectivity index (χ0) is 14.3. The van der Waals surface area contributed by atoms with Crippen molar-refractivity contribution >= 4 is 17.6 Å². The van der Waals surface area contributed by atoms with Gasteiger partial charge in [0, 0.05) is 12.8 Å². The summed E-state index contributed by atoms with van der Waals surface area (Å²) in [4.78, 5) is 22.7. The van der Waals surface area contributed by atoms with E-state index in [4.69, 9.17) is 10.5 Å². The summed E-state index contributed by atoms with van der Waals surface area (Å²) >= 11 is 0. The second-order valence-electron chi connectivity index (χ2n) is 4.00. The van der Waals surface area contributed by atoms with Crippen LogP contribution in [0.25, 0.3) is 0 Å². The van der Waals surface area contributed by atoms with Gasteiger partial charge in [0.05, 0.1) is 20.1 Å². The zero-order valence-corrected chi connectivity index (χ0v) is 11.0. The Bertz CT molecular complexity index is 431. The lowest BCUT2D eigenvalue weighted by Crippen LogP contribution is -2.39. The van der Waals surface area contributed by atoms with Gasteiger partial charge in [-0.25, -0.2) is 0 Å². The van der Waals surface area contributed by atoms with Gasteiger partial charge in [-0.3, -0.25) is 9.59 Å². The third kappa shape index (κ3) is 5.07. The number of benzene rings is 1. The Morgan fingerprint density at radius 1 is 1.26 bits per heavy atom. The maximum atomic E-state index is 11.6. The van der Waals surface area contributed by atoms with Crippen LogP contribution in [0, 0.1) is 0 Å². The summed E-state index contributed by atoms with van der Waals surface area (Å²) in [6.45, 7) is 0.159. The number of carbonyl (C=O) groups is 2. The van der Waals surface area contributed by atoms with Gasteiger partial charge in [0.15, 0.2) is 0 Å². The number of methoxy groups -OCH3 is 2. The molecule has 3 N–H and O–H groups in total. The van der Waals surface area contributed by atoms with Crippen molar-refractivity contribution in [2.45, 2.75) is 12.5 Å². The van der Waals surface area contributed by atoms with E-state index in [-0.39, 0.29) is 24.9 Å². The van der Waals surface area contributed by atoms with Gasteiger partial charge in [-0.05, 0) is 17.7 Å². The van der Waals surface area contributed by atoms with Crippen molar-refractivity contribution in [3.63, 3.8) is 0 Å². The third-order valence-electron chi connectivity index (χ3n) is 2.48. The summed E-state index contributed by atoms with van der Waals surface area (Å²) in [7, 11) is 2.82. The minimum Gasteiger partial charge on any atom is -0.469 e. The average Bonchev–Trinajstić information content (AvgIpc) is 2.41. The lowest BCUT2D eigenvalue weighted by atomic mass is 10.1. The van der Waals surface area contributed by atoms with Crippen LogP contribution in [0.2, 0.25) is 0 Å². The van der Waals surface area contributed by atoms with Crippen LogP contribution in [0.1, 0.15) is 5.56 Å². The first-order chi connectivity index (χ1) is 9.06. The molecule has 0 aromatic heterocycles. The van der Waals surface area contributed by atoms with Crippen LogP contribution in [0.15, 0.2) is 24.3 Å². The van der Waals surface area contributed by atoms with E-state index >= 15 is 0 Å². The lowest BCUT2D eigenvalue weighted by molar-refractivity contribution is -0.139. The van der Waals surface area contributed by atoms with E-state index in [2.05, 4.69) is 10.1 Å². The van der Waals surface area contributed by atoms with Crippen LogP contribution < -0.4 is 11.1 Å². The van der Waals surface area contributed by atoms with Gasteiger partial charge in [0.25, 0.3) is 0 Å². The van der Waals surface area contributed by atoms with Crippen LogP contribution in [0.5, 0.6) is 0 Å². The minimum atomic E-state index is -0.709. The minimum absolute atomic E-state index is 0.159. The highest BCUT2D eigenvalue weighted by atomic mass is 16.5. The predicted molar refractivity (Wildman–Crippen MR) is 70.6 cm³/mol. The summed E-state index contributed by atoms with van der Waals surface area (Å²) in [5.41, 5.74) is 7.02. The molecule has 0 saturated heterocycles. The van der Waals surface area contributed by atoms with Gasteiger partial charge in [-0.1, -0.05) is 12.1 Å². The van der Waals surface area contributed by atoms with E-state index in [1.54, 1.807) is 24.3 Å². The quantitative estimate of drug-likeness (QED) is 0.723. The fraction of sp³-hybridized carbons (Fsp3) is 0.385. The van der Waals surface area contributed by atoms with Crippen LogP contribution in [0.4, 0.5) is 5.69 Å². The SMILES string of the molecule is COCC(N)C(=O)Nc1ccc(CC(=O)OC)cc1. The number of amides is 1. The fourth-order valence-electron chi connectivity index (χ4n) is 1.43. The van der Waals surface area contributed by atoms with Gasteiger partial charge in [-0.15, -0.1) is 0 Å². The smallest absolute Gasteiger partial charge is 0.309 e. The van der Waals surface area contributed by atoms with Gasteiger partial charge >= 0.3 is 5.97 Å². The molecular formula is C13H18N2O4. The molecule has 0 saturated carbocycles. The van der Waals surface area contributed by atoms with Crippen molar-refractivity contribution < 1.29 is 19.1 Å². The molecule has 0 bridgehead atoms. The maximum Gasteiger partial charge on any atom is 0.309 e. The molecular weight excluding hydrogens is 248 g/mol. The molecule has 0 heterocycles. The largest absolute Gasteiger partial charge is 0.469 e. The van der Waals surface area contributed by atoms with E-state index in [1.165, 1.54) is 14.2 Å². The van der Waals surface area contributed by atoms with Gasteiger partial charge in [0.2, 0.25) is 5.91 Å². The normalized spacial score (nSPS) is 11.7. The number of hydrogen-bond donors (Lipinski definition) is 2. The highest BCUT2D eigenvalue weighted by Crippen LogP contribution is 2.10. The number of nitrogens with one attached hydrogen (secondary N) is 1. The molecule has 1 aromatic carbocycles. The Labute approximate surface area is 111 Å². The van der Waals surface area contributed by atoms with E-state index in [0.29, 0.717) is 5.69 Å². The van der Waals surface area contributed by atoms with E-state index < -0.39 is 6.04 Å². The first-order valence-corrected chi connectivity index (χ1v) is 5.78. The van der Waals surface area contributed by atoms with Crippen molar-refractivity contribution in [2.24, 2.45) is 5.73 Å². The number of carbonyl (C=O) groups excluding carboxylic acids is 2. The van der Waals surface area contributed by atoms with Crippen LogP contribution in [-0.2, 0) is 25.5 Å². The molecule has 0 fully saturated rings. The Morgan fingerprint density at radius 3 is 2.42 bits per heavy atom. The fourth-order valence-corrected chi connectivity index (χ4v) is 1.43. The zero-order valence-electron chi connectivity index (χ0n) is 11.0. The van der Waals surface area contributed by atoms with Crippen LogP contribution in [0.3, 0.4) is 0 Å². The third-order valence-corrected chi connectivity index (χ3v) is 2.48. The van der Waals surface area contributed by atoms with E-state index in [9.17, 15) is 9.59 Å². The molecule has 1 aromatic rings. The molecule has 0 aliphatic carbocycles. The second kappa shape index (κ2) is 7.50. The van der Waals surface area contributed by atoms with Crippen molar-refractivity contribution in [1.82, 2.24) is 0 Å². The van der Waals surface area contributed by atoms with Crippen LogP contribution in [-0.4, -0.2) is 38.7 Å². The van der Waals surface area contributed by atoms with E-state index in [1.807, 2.05) is 0 Å². The maximum absolute atomic E-state index is 11.6. The molecule has 6 heteroatoms. The molecule has 6 nitrogen and oxygen atoms in total. The number of ether oxygens (including phenoxy) is 2. The highest BCUT2D eigenvalue weighted by molar-refractivity contribution is 5.94. The van der Waals surface area contributed by atoms with Gasteiger partial charge in [0.1, 0.15) is 6.04 Å².